The van der Waals surface area contributed by atoms with Crippen molar-refractivity contribution in [2.24, 2.45) is 5.10 Å². The van der Waals surface area contributed by atoms with E-state index >= 15 is 0 Å². The van der Waals surface area contributed by atoms with Crippen LogP contribution >= 0.6 is 0 Å². The maximum Gasteiger partial charge on any atom is 0.277 e. The Hall–Kier alpha value is -3.34. The van der Waals surface area contributed by atoms with Crippen LogP contribution in [0.3, 0.4) is 0 Å². The van der Waals surface area contributed by atoms with Gasteiger partial charge in [0.2, 0.25) is 0 Å². The van der Waals surface area contributed by atoms with E-state index in [1.165, 1.54) is 0 Å². The summed E-state index contributed by atoms with van der Waals surface area (Å²) in [4.78, 5) is 11.9. The third kappa shape index (κ3) is 4.60. The second kappa shape index (κ2) is 8.67. The molecular formula is C21H20N2O3. The molecule has 0 fully saturated rings. The van der Waals surface area contributed by atoms with Crippen LogP contribution in [0.5, 0.6) is 11.5 Å². The molecule has 0 bridgehead atoms. The van der Waals surface area contributed by atoms with Crippen molar-refractivity contribution in [1.29, 1.82) is 0 Å². The standard InChI is InChI=1S/C21H20N2O3/c1-2-25-19-9-5-6-10-20(19)26-15-21(24)23-22-14-16-11-12-17-7-3-4-8-18(17)13-16/h3-14H,2,15H2,1H3,(H,23,24). The predicted octanol–water partition coefficient (Wildman–Crippen LogP) is 3.77. The summed E-state index contributed by atoms with van der Waals surface area (Å²) in [5.74, 6) is 0.804. The van der Waals surface area contributed by atoms with Crippen LogP contribution in [-0.4, -0.2) is 25.3 Å². The van der Waals surface area contributed by atoms with Crippen LogP contribution in [0.1, 0.15) is 12.5 Å². The Bertz CT molecular complexity index is 922. The van der Waals surface area contributed by atoms with Gasteiger partial charge in [-0.2, -0.15) is 5.10 Å². The molecule has 3 aromatic carbocycles. The molecule has 0 spiro atoms. The Labute approximate surface area is 152 Å². The summed E-state index contributed by atoms with van der Waals surface area (Å²) in [5.41, 5.74) is 3.37. The maximum absolute atomic E-state index is 11.9. The molecule has 0 aliphatic rings. The number of carbonyl (C=O) groups excluding carboxylic acids is 1. The van der Waals surface area contributed by atoms with Gasteiger partial charge in [0.05, 0.1) is 12.8 Å². The lowest BCUT2D eigenvalue weighted by Crippen LogP contribution is -2.24. The van der Waals surface area contributed by atoms with Gasteiger partial charge in [0.15, 0.2) is 18.1 Å². The fraction of sp³-hybridized carbons (Fsp3) is 0.143. The van der Waals surface area contributed by atoms with E-state index in [1.807, 2.05) is 55.5 Å². The number of fused-ring (bicyclic) bond motifs is 1. The number of nitrogens with zero attached hydrogens (tertiary/aromatic N) is 1. The molecule has 0 aliphatic heterocycles. The summed E-state index contributed by atoms with van der Waals surface area (Å²) in [5, 5.41) is 6.27. The fourth-order valence-corrected chi connectivity index (χ4v) is 2.49. The van der Waals surface area contributed by atoms with Crippen molar-refractivity contribution in [3.8, 4) is 11.5 Å². The van der Waals surface area contributed by atoms with Crippen LogP contribution in [0.15, 0.2) is 71.8 Å². The number of nitrogens with one attached hydrogen (secondary N) is 1. The molecule has 0 unspecified atom stereocenters. The van der Waals surface area contributed by atoms with Crippen LogP contribution < -0.4 is 14.9 Å². The van der Waals surface area contributed by atoms with Crippen LogP contribution in [-0.2, 0) is 4.79 Å². The van der Waals surface area contributed by atoms with E-state index < -0.39 is 0 Å². The van der Waals surface area contributed by atoms with Crippen LogP contribution in [0, 0.1) is 0 Å². The first-order valence-electron chi connectivity index (χ1n) is 8.41. The number of hydrazone groups is 1. The monoisotopic (exact) mass is 348 g/mol. The van der Waals surface area contributed by atoms with E-state index in [2.05, 4.69) is 16.6 Å². The van der Waals surface area contributed by atoms with Crippen molar-refractivity contribution in [2.45, 2.75) is 6.92 Å². The molecule has 3 aromatic rings. The first-order chi connectivity index (χ1) is 12.8. The zero-order chi connectivity index (χ0) is 18.2. The van der Waals surface area contributed by atoms with Gasteiger partial charge in [-0.1, -0.05) is 48.5 Å². The zero-order valence-electron chi connectivity index (χ0n) is 14.5. The smallest absolute Gasteiger partial charge is 0.277 e. The Morgan fingerprint density at radius 1 is 0.962 bits per heavy atom. The minimum absolute atomic E-state index is 0.140. The summed E-state index contributed by atoms with van der Waals surface area (Å²) >= 11 is 0. The Morgan fingerprint density at radius 2 is 1.65 bits per heavy atom. The van der Waals surface area contributed by atoms with Gasteiger partial charge in [-0.15, -0.1) is 0 Å². The van der Waals surface area contributed by atoms with Gasteiger partial charge in [-0.25, -0.2) is 5.43 Å². The number of hydrogen-bond acceptors (Lipinski definition) is 4. The van der Waals surface area contributed by atoms with Crippen LogP contribution in [0.4, 0.5) is 0 Å². The molecule has 0 saturated carbocycles. The lowest BCUT2D eigenvalue weighted by Gasteiger charge is -2.10. The van der Waals surface area contributed by atoms with Gasteiger partial charge in [-0.3, -0.25) is 4.79 Å². The summed E-state index contributed by atoms with van der Waals surface area (Å²) in [6.07, 6.45) is 1.61. The molecule has 0 heterocycles. The largest absolute Gasteiger partial charge is 0.490 e. The summed E-state index contributed by atoms with van der Waals surface area (Å²) < 4.78 is 11.0. The number of amides is 1. The fourth-order valence-electron chi connectivity index (χ4n) is 2.49. The van der Waals surface area contributed by atoms with Crippen molar-refractivity contribution >= 4 is 22.9 Å². The van der Waals surface area contributed by atoms with E-state index in [0.717, 1.165) is 16.3 Å². The Balaban J connectivity index is 1.54. The molecule has 0 aromatic heterocycles. The number of benzene rings is 3. The van der Waals surface area contributed by atoms with Crippen molar-refractivity contribution in [2.75, 3.05) is 13.2 Å². The van der Waals surface area contributed by atoms with Crippen LogP contribution in [0.2, 0.25) is 0 Å². The Morgan fingerprint density at radius 3 is 2.42 bits per heavy atom. The average molecular weight is 348 g/mol. The molecule has 5 nitrogen and oxygen atoms in total. The van der Waals surface area contributed by atoms with Gasteiger partial charge in [0.1, 0.15) is 0 Å². The first kappa shape index (κ1) is 17.5. The lowest BCUT2D eigenvalue weighted by atomic mass is 10.1. The number of hydrogen-bond donors (Lipinski definition) is 1. The van der Waals surface area contributed by atoms with Gasteiger partial charge < -0.3 is 9.47 Å². The first-order valence-corrected chi connectivity index (χ1v) is 8.41. The van der Waals surface area contributed by atoms with E-state index in [0.29, 0.717) is 18.1 Å². The molecule has 0 atom stereocenters. The van der Waals surface area contributed by atoms with E-state index in [9.17, 15) is 4.79 Å². The van der Waals surface area contributed by atoms with Crippen molar-refractivity contribution in [3.63, 3.8) is 0 Å². The highest BCUT2D eigenvalue weighted by molar-refractivity contribution is 5.90. The molecule has 1 N–H and O–H groups in total. The van der Waals surface area contributed by atoms with E-state index in [4.69, 9.17) is 9.47 Å². The number of carbonyl (C=O) groups is 1. The molecule has 0 radical (unpaired) electrons. The topological polar surface area (TPSA) is 59.9 Å². The van der Waals surface area contributed by atoms with Gasteiger partial charge in [0.25, 0.3) is 5.91 Å². The van der Waals surface area contributed by atoms with Gasteiger partial charge >= 0.3 is 0 Å². The number of rotatable bonds is 7. The Kier molecular flexibility index (Phi) is 5.83. The highest BCUT2D eigenvalue weighted by Crippen LogP contribution is 2.26. The molecule has 0 saturated heterocycles. The minimum atomic E-state index is -0.339. The SMILES string of the molecule is CCOc1ccccc1OCC(=O)NN=Cc1ccc2ccccc2c1. The molecule has 3 rings (SSSR count). The number of para-hydroxylation sites is 2. The van der Waals surface area contributed by atoms with E-state index in [-0.39, 0.29) is 12.5 Å². The van der Waals surface area contributed by atoms with Gasteiger partial charge in [-0.05, 0) is 41.5 Å². The summed E-state index contributed by atoms with van der Waals surface area (Å²) in [6.45, 7) is 2.28. The highest BCUT2D eigenvalue weighted by Gasteiger charge is 2.06. The lowest BCUT2D eigenvalue weighted by molar-refractivity contribution is -0.123. The minimum Gasteiger partial charge on any atom is -0.490 e. The molecule has 1 amide bonds. The normalized spacial score (nSPS) is 10.8. The average Bonchev–Trinajstić information content (AvgIpc) is 2.67. The maximum atomic E-state index is 11.9. The van der Waals surface area contributed by atoms with Crippen molar-refractivity contribution in [1.82, 2.24) is 5.43 Å². The van der Waals surface area contributed by atoms with Crippen molar-refractivity contribution in [3.05, 3.63) is 72.3 Å². The second-order valence-corrected chi connectivity index (χ2v) is 5.57. The third-order valence-electron chi connectivity index (χ3n) is 3.68. The van der Waals surface area contributed by atoms with Crippen molar-refractivity contribution < 1.29 is 14.3 Å². The molecule has 0 aliphatic carbocycles. The highest BCUT2D eigenvalue weighted by atomic mass is 16.5. The third-order valence-corrected chi connectivity index (χ3v) is 3.68. The zero-order valence-corrected chi connectivity index (χ0v) is 14.5. The summed E-state index contributed by atoms with van der Waals surface area (Å²) in [6, 6.07) is 21.3. The molecule has 132 valence electrons. The molecule has 26 heavy (non-hydrogen) atoms. The molecule has 5 heteroatoms. The second-order valence-electron chi connectivity index (χ2n) is 5.57. The van der Waals surface area contributed by atoms with Crippen LogP contribution in [0.25, 0.3) is 10.8 Å². The van der Waals surface area contributed by atoms with E-state index in [1.54, 1.807) is 18.3 Å². The number of ether oxygens (including phenoxy) is 2. The van der Waals surface area contributed by atoms with Gasteiger partial charge in [0, 0.05) is 0 Å². The molecular weight excluding hydrogens is 328 g/mol. The summed E-state index contributed by atoms with van der Waals surface area (Å²) in [7, 11) is 0. The quantitative estimate of drug-likeness (QED) is 0.522. The predicted molar refractivity (Wildman–Crippen MR) is 103 cm³/mol.